The molecule has 13 heavy (non-hydrogen) atoms. The van der Waals surface area contributed by atoms with Gasteiger partial charge in [0.25, 0.3) is 0 Å². The quantitative estimate of drug-likeness (QED) is 0.756. The first kappa shape index (κ1) is 8.35. The van der Waals surface area contributed by atoms with Gasteiger partial charge in [-0.15, -0.1) is 0 Å². The molecule has 0 aliphatic heterocycles. The molecular weight excluding hydrogens is 168 g/mol. The Morgan fingerprint density at radius 1 is 1.69 bits per heavy atom. The summed E-state index contributed by atoms with van der Waals surface area (Å²) in [6, 6.07) is 3.75. The lowest BCUT2D eigenvalue weighted by atomic mass is 10.0. The van der Waals surface area contributed by atoms with Crippen molar-refractivity contribution < 1.29 is 14.3 Å². The Hall–Kier alpha value is -1.25. The Kier molecular flexibility index (Phi) is 1.53. The fraction of sp³-hybridized carbons (Fsp3) is 0.500. The predicted octanol–water partition coefficient (Wildman–Crippen LogP) is 1.95. The van der Waals surface area contributed by atoms with Crippen LogP contribution in [0.15, 0.2) is 16.5 Å². The van der Waals surface area contributed by atoms with Crippen LogP contribution in [0.4, 0.5) is 0 Å². The van der Waals surface area contributed by atoms with E-state index in [-0.39, 0.29) is 11.3 Å². The highest BCUT2D eigenvalue weighted by Crippen LogP contribution is 2.54. The summed E-state index contributed by atoms with van der Waals surface area (Å²) < 4.78 is 5.43. The van der Waals surface area contributed by atoms with Gasteiger partial charge in [0, 0.05) is 5.41 Å². The van der Waals surface area contributed by atoms with Crippen molar-refractivity contribution in [1.29, 1.82) is 0 Å². The number of rotatable bonds is 2. The van der Waals surface area contributed by atoms with Gasteiger partial charge in [0.05, 0.1) is 5.92 Å². The van der Waals surface area contributed by atoms with Crippen molar-refractivity contribution in [1.82, 2.24) is 0 Å². The first-order valence-electron chi connectivity index (χ1n) is 4.34. The lowest BCUT2D eigenvalue weighted by Gasteiger charge is -2.04. The largest absolute Gasteiger partial charge is 0.481 e. The van der Waals surface area contributed by atoms with E-state index in [0.29, 0.717) is 6.42 Å². The first-order valence-corrected chi connectivity index (χ1v) is 4.34. The standard InChI is InChI=1S/C10H12O3/c1-6-3-4-8(13-6)10(2)5-7(10)9(11)12/h3-4,7H,5H2,1-2H3,(H,11,12). The predicted molar refractivity (Wildman–Crippen MR) is 46.5 cm³/mol. The average molecular weight is 180 g/mol. The van der Waals surface area contributed by atoms with Gasteiger partial charge in [-0.25, -0.2) is 0 Å². The molecule has 0 saturated heterocycles. The maximum Gasteiger partial charge on any atom is 0.307 e. The Morgan fingerprint density at radius 2 is 2.38 bits per heavy atom. The summed E-state index contributed by atoms with van der Waals surface area (Å²) >= 11 is 0. The molecule has 1 aromatic heterocycles. The second-order valence-electron chi connectivity index (χ2n) is 3.92. The molecule has 3 nitrogen and oxygen atoms in total. The van der Waals surface area contributed by atoms with Crippen molar-refractivity contribution in [3.63, 3.8) is 0 Å². The maximum atomic E-state index is 10.7. The molecule has 0 radical (unpaired) electrons. The minimum Gasteiger partial charge on any atom is -0.481 e. The number of aryl methyl sites for hydroxylation is 1. The van der Waals surface area contributed by atoms with Crippen LogP contribution in [0, 0.1) is 12.8 Å². The van der Waals surface area contributed by atoms with Crippen molar-refractivity contribution >= 4 is 5.97 Å². The molecule has 0 bridgehead atoms. The molecular formula is C10H12O3. The van der Waals surface area contributed by atoms with E-state index in [1.54, 1.807) is 0 Å². The molecule has 1 fully saturated rings. The second-order valence-corrected chi connectivity index (χ2v) is 3.92. The van der Waals surface area contributed by atoms with Crippen LogP contribution in [-0.4, -0.2) is 11.1 Å². The van der Waals surface area contributed by atoms with E-state index in [4.69, 9.17) is 9.52 Å². The number of aliphatic carboxylic acids is 1. The third-order valence-corrected chi connectivity index (χ3v) is 2.84. The molecule has 70 valence electrons. The Balaban J connectivity index is 2.24. The van der Waals surface area contributed by atoms with E-state index < -0.39 is 5.97 Å². The fourth-order valence-electron chi connectivity index (χ4n) is 1.74. The van der Waals surface area contributed by atoms with Gasteiger partial charge in [-0.1, -0.05) is 6.92 Å². The van der Waals surface area contributed by atoms with Crippen molar-refractivity contribution in [2.24, 2.45) is 5.92 Å². The van der Waals surface area contributed by atoms with Crippen molar-refractivity contribution in [3.8, 4) is 0 Å². The van der Waals surface area contributed by atoms with Gasteiger partial charge >= 0.3 is 5.97 Å². The average Bonchev–Trinajstić information content (AvgIpc) is 2.54. The van der Waals surface area contributed by atoms with Gasteiger partial charge < -0.3 is 9.52 Å². The Labute approximate surface area is 76.4 Å². The van der Waals surface area contributed by atoms with E-state index in [2.05, 4.69) is 0 Å². The molecule has 1 N–H and O–H groups in total. The fourth-order valence-corrected chi connectivity index (χ4v) is 1.74. The van der Waals surface area contributed by atoms with Crippen molar-refractivity contribution in [2.75, 3.05) is 0 Å². The lowest BCUT2D eigenvalue weighted by molar-refractivity contribution is -0.139. The van der Waals surface area contributed by atoms with Crippen LogP contribution in [-0.2, 0) is 10.2 Å². The summed E-state index contributed by atoms with van der Waals surface area (Å²) in [6.07, 6.45) is 0.690. The Morgan fingerprint density at radius 3 is 2.77 bits per heavy atom. The van der Waals surface area contributed by atoms with E-state index in [1.165, 1.54) is 0 Å². The number of hydrogen-bond acceptors (Lipinski definition) is 2. The molecule has 2 rings (SSSR count). The smallest absolute Gasteiger partial charge is 0.307 e. The number of hydrogen-bond donors (Lipinski definition) is 1. The Bertz CT molecular complexity index is 353. The molecule has 2 unspecified atom stereocenters. The molecule has 1 saturated carbocycles. The highest BCUT2D eigenvalue weighted by atomic mass is 16.4. The SMILES string of the molecule is Cc1ccc(C2(C)CC2C(=O)O)o1. The van der Waals surface area contributed by atoms with E-state index >= 15 is 0 Å². The minimum atomic E-state index is -0.725. The zero-order valence-electron chi connectivity index (χ0n) is 7.70. The van der Waals surface area contributed by atoms with E-state index in [9.17, 15) is 4.79 Å². The molecule has 1 aliphatic carbocycles. The van der Waals surface area contributed by atoms with Gasteiger partial charge in [0.15, 0.2) is 0 Å². The molecule has 1 heterocycles. The van der Waals surface area contributed by atoms with Gasteiger partial charge in [0.2, 0.25) is 0 Å². The monoisotopic (exact) mass is 180 g/mol. The normalized spacial score (nSPS) is 31.7. The number of carboxylic acid groups (broad SMARTS) is 1. The first-order chi connectivity index (χ1) is 6.04. The van der Waals surface area contributed by atoms with E-state index in [1.807, 2.05) is 26.0 Å². The summed E-state index contributed by atoms with van der Waals surface area (Å²) in [4.78, 5) is 10.7. The number of carboxylic acids is 1. The topological polar surface area (TPSA) is 50.4 Å². The second kappa shape index (κ2) is 2.37. The summed E-state index contributed by atoms with van der Waals surface area (Å²) in [5.74, 6) is 0.652. The number of furan rings is 1. The maximum absolute atomic E-state index is 10.7. The van der Waals surface area contributed by atoms with E-state index in [0.717, 1.165) is 11.5 Å². The van der Waals surface area contributed by atoms with Crippen LogP contribution in [0.2, 0.25) is 0 Å². The zero-order valence-corrected chi connectivity index (χ0v) is 7.70. The molecule has 3 heteroatoms. The molecule has 0 spiro atoms. The zero-order chi connectivity index (χ0) is 9.64. The highest BCUT2D eigenvalue weighted by Gasteiger charge is 2.58. The summed E-state index contributed by atoms with van der Waals surface area (Å²) in [6.45, 7) is 3.80. The molecule has 2 atom stereocenters. The van der Waals surface area contributed by atoms with Gasteiger partial charge in [-0.2, -0.15) is 0 Å². The van der Waals surface area contributed by atoms with Crippen LogP contribution in [0.5, 0.6) is 0 Å². The third kappa shape index (κ3) is 1.15. The van der Waals surface area contributed by atoms with Crippen LogP contribution in [0.3, 0.4) is 0 Å². The summed E-state index contributed by atoms with van der Waals surface area (Å²) in [5.41, 5.74) is -0.264. The van der Waals surface area contributed by atoms with Gasteiger partial charge in [0.1, 0.15) is 11.5 Å². The van der Waals surface area contributed by atoms with Crippen molar-refractivity contribution in [3.05, 3.63) is 23.7 Å². The van der Waals surface area contributed by atoms with Crippen molar-refractivity contribution in [2.45, 2.75) is 25.7 Å². The number of carbonyl (C=O) groups is 1. The van der Waals surface area contributed by atoms with Crippen LogP contribution in [0.1, 0.15) is 24.9 Å². The third-order valence-electron chi connectivity index (χ3n) is 2.84. The molecule has 0 amide bonds. The molecule has 1 aliphatic rings. The summed E-state index contributed by atoms with van der Waals surface area (Å²) in [5, 5.41) is 8.82. The lowest BCUT2D eigenvalue weighted by Crippen LogP contribution is -2.09. The van der Waals surface area contributed by atoms with Crippen LogP contribution in [0.25, 0.3) is 0 Å². The minimum absolute atomic E-state index is 0.264. The van der Waals surface area contributed by atoms with Gasteiger partial charge in [-0.05, 0) is 25.5 Å². The molecule has 1 aromatic rings. The van der Waals surface area contributed by atoms with Crippen LogP contribution < -0.4 is 0 Å². The van der Waals surface area contributed by atoms with Gasteiger partial charge in [-0.3, -0.25) is 4.79 Å². The van der Waals surface area contributed by atoms with Crippen LogP contribution >= 0.6 is 0 Å². The highest BCUT2D eigenvalue weighted by molar-refractivity contribution is 5.76. The summed E-state index contributed by atoms with van der Waals surface area (Å²) in [7, 11) is 0. The molecule has 0 aromatic carbocycles.